The fourth-order valence-corrected chi connectivity index (χ4v) is 6.52. The summed E-state index contributed by atoms with van der Waals surface area (Å²) >= 11 is 16.6. The smallest absolute Gasteiger partial charge is 0.133 e. The number of methoxy groups -OCH3 is 1. The molecule has 188 valence electrons. The summed E-state index contributed by atoms with van der Waals surface area (Å²) in [6.07, 6.45) is 4.06. The highest BCUT2D eigenvalue weighted by Gasteiger charge is 2.39. The summed E-state index contributed by atoms with van der Waals surface area (Å²) in [4.78, 5) is 2.52. The van der Waals surface area contributed by atoms with Crippen molar-refractivity contribution in [3.05, 3.63) is 67.2 Å². The molecule has 2 aromatic carbocycles. The fourth-order valence-electron chi connectivity index (χ4n) is 5.50. The van der Waals surface area contributed by atoms with Crippen LogP contribution in [0.2, 0.25) is 10.0 Å². The van der Waals surface area contributed by atoms with Gasteiger partial charge < -0.3 is 14.4 Å². The van der Waals surface area contributed by atoms with Crippen molar-refractivity contribution in [3.63, 3.8) is 0 Å². The Morgan fingerprint density at radius 1 is 1.06 bits per heavy atom. The Bertz CT molecular complexity index is 1390. The van der Waals surface area contributed by atoms with Crippen LogP contribution in [-0.2, 0) is 17.6 Å². The van der Waals surface area contributed by atoms with Crippen molar-refractivity contribution in [3.8, 4) is 22.7 Å². The summed E-state index contributed by atoms with van der Waals surface area (Å²) in [7, 11) is 1.70. The number of hydrogen-bond donors (Lipinski definition) is 0. The zero-order chi connectivity index (χ0) is 25.2. The first kappa shape index (κ1) is 24.4. The molecule has 1 saturated heterocycles. The molecule has 2 aliphatic carbocycles. The zero-order valence-corrected chi connectivity index (χ0v) is 23.7. The number of hydrogen-bond acceptors (Lipinski definition) is 4. The molecule has 0 bridgehead atoms. The van der Waals surface area contributed by atoms with Gasteiger partial charge in [0.1, 0.15) is 11.4 Å². The molecule has 0 spiro atoms. The van der Waals surface area contributed by atoms with Gasteiger partial charge in [-0.1, -0.05) is 23.2 Å². The van der Waals surface area contributed by atoms with Gasteiger partial charge >= 0.3 is 0 Å². The van der Waals surface area contributed by atoms with Crippen LogP contribution < -0.4 is 4.74 Å². The van der Waals surface area contributed by atoms with E-state index in [4.69, 9.17) is 37.8 Å². The Labute approximate surface area is 230 Å². The minimum absolute atomic E-state index is 0.109. The lowest BCUT2D eigenvalue weighted by Gasteiger charge is -2.45. The van der Waals surface area contributed by atoms with Gasteiger partial charge in [0.25, 0.3) is 0 Å². The molecule has 0 radical (unpaired) electrons. The first-order valence-corrected chi connectivity index (χ1v) is 13.8. The van der Waals surface area contributed by atoms with Crippen LogP contribution in [0.1, 0.15) is 43.5 Å². The van der Waals surface area contributed by atoms with E-state index in [0.717, 1.165) is 71.7 Å². The molecule has 8 heteroatoms. The van der Waals surface area contributed by atoms with Gasteiger partial charge in [0.2, 0.25) is 0 Å². The number of allylic oxidation sites excluding steroid dienone is 1. The van der Waals surface area contributed by atoms with Crippen molar-refractivity contribution < 1.29 is 9.47 Å². The lowest BCUT2D eigenvalue weighted by Crippen LogP contribution is -2.51. The normalized spacial score (nSPS) is 18.1. The Morgan fingerprint density at radius 3 is 2.47 bits per heavy atom. The minimum atomic E-state index is -0.109. The van der Waals surface area contributed by atoms with E-state index in [1.54, 1.807) is 13.2 Å². The summed E-state index contributed by atoms with van der Waals surface area (Å²) in [5, 5.41) is 6.51. The van der Waals surface area contributed by atoms with Crippen molar-refractivity contribution in [2.45, 2.75) is 45.1 Å². The highest BCUT2D eigenvalue weighted by molar-refractivity contribution is 9.10. The average molecular weight is 589 g/mol. The summed E-state index contributed by atoms with van der Waals surface area (Å²) in [5.74, 6) is 0.838. The second kappa shape index (κ2) is 9.09. The third kappa shape index (κ3) is 4.16. The van der Waals surface area contributed by atoms with E-state index in [0.29, 0.717) is 16.7 Å². The van der Waals surface area contributed by atoms with Crippen LogP contribution >= 0.6 is 39.1 Å². The van der Waals surface area contributed by atoms with E-state index in [1.165, 1.54) is 22.4 Å². The van der Waals surface area contributed by atoms with Crippen LogP contribution in [0.25, 0.3) is 22.6 Å². The maximum Gasteiger partial charge on any atom is 0.133 e. The Morgan fingerprint density at radius 2 is 1.81 bits per heavy atom. The molecule has 1 aliphatic heterocycles. The van der Waals surface area contributed by atoms with Gasteiger partial charge in [-0.05, 0) is 96.9 Å². The molecule has 2 fully saturated rings. The number of halogens is 3. The maximum absolute atomic E-state index is 6.46. The first-order valence-electron chi connectivity index (χ1n) is 12.3. The molecule has 0 atom stereocenters. The predicted molar refractivity (Wildman–Crippen MR) is 148 cm³/mol. The monoisotopic (exact) mass is 587 g/mol. The molecule has 0 unspecified atom stereocenters. The second-order valence-electron chi connectivity index (χ2n) is 10.3. The lowest BCUT2D eigenvalue weighted by atomic mass is 9.87. The molecule has 5 nitrogen and oxygen atoms in total. The summed E-state index contributed by atoms with van der Waals surface area (Å²) in [6, 6.07) is 9.91. The number of ether oxygens (including phenoxy) is 2. The highest BCUT2D eigenvalue weighted by atomic mass is 79.9. The molecule has 1 aromatic heterocycles. The molecule has 0 amide bonds. The van der Waals surface area contributed by atoms with Gasteiger partial charge in [-0.15, -0.1) is 0 Å². The number of aromatic nitrogens is 2. The van der Waals surface area contributed by atoms with Crippen LogP contribution in [0.15, 0.2) is 40.4 Å². The highest BCUT2D eigenvalue weighted by Crippen LogP contribution is 2.47. The van der Waals surface area contributed by atoms with Crippen molar-refractivity contribution >= 4 is 44.8 Å². The van der Waals surface area contributed by atoms with E-state index in [9.17, 15) is 0 Å². The summed E-state index contributed by atoms with van der Waals surface area (Å²) < 4.78 is 14.4. The van der Waals surface area contributed by atoms with Crippen molar-refractivity contribution in [1.82, 2.24) is 14.7 Å². The number of rotatable bonds is 4. The van der Waals surface area contributed by atoms with Crippen LogP contribution in [0, 0.1) is 0 Å². The number of aryl methyl sites for hydroxylation is 1. The van der Waals surface area contributed by atoms with Gasteiger partial charge in [0.15, 0.2) is 0 Å². The van der Waals surface area contributed by atoms with Crippen LogP contribution in [-0.4, -0.2) is 47.1 Å². The largest absolute Gasteiger partial charge is 0.496 e. The minimum Gasteiger partial charge on any atom is -0.496 e. The quantitative estimate of drug-likeness (QED) is 0.320. The fraction of sp³-hybridized carbons (Fsp3) is 0.393. The molecule has 0 N–H and O–H groups in total. The molecular weight excluding hydrogens is 561 g/mol. The molecule has 1 saturated carbocycles. The second-order valence-corrected chi connectivity index (χ2v) is 12.1. The van der Waals surface area contributed by atoms with Crippen LogP contribution in [0.5, 0.6) is 5.75 Å². The van der Waals surface area contributed by atoms with Crippen LogP contribution in [0.3, 0.4) is 0 Å². The topological polar surface area (TPSA) is 39.5 Å². The predicted octanol–water partition coefficient (Wildman–Crippen LogP) is 7.33. The molecule has 6 rings (SSSR count). The van der Waals surface area contributed by atoms with E-state index in [2.05, 4.69) is 46.8 Å². The first-order chi connectivity index (χ1) is 17.3. The SMILES string of the molecule is COc1cc2c(cc1Br)-c1c(c(C(=C3CC3)N3CCOCC3(C)C)nn1-c1cc(Cl)cc(Cl)c1)CC2. The average Bonchev–Trinajstić information content (AvgIpc) is 3.59. The number of morpholine rings is 1. The van der Waals surface area contributed by atoms with E-state index >= 15 is 0 Å². The molecule has 3 aromatic rings. The number of benzene rings is 2. The van der Waals surface area contributed by atoms with Gasteiger partial charge in [0.05, 0.1) is 47.4 Å². The van der Waals surface area contributed by atoms with E-state index in [-0.39, 0.29) is 5.54 Å². The molecular formula is C28H28BrCl2N3O2. The third-order valence-electron chi connectivity index (χ3n) is 7.33. The Hall–Kier alpha value is -1.99. The Balaban J connectivity index is 1.62. The summed E-state index contributed by atoms with van der Waals surface area (Å²) in [6.45, 7) is 6.80. The number of fused-ring (bicyclic) bond motifs is 3. The van der Waals surface area contributed by atoms with E-state index < -0.39 is 0 Å². The van der Waals surface area contributed by atoms with Crippen molar-refractivity contribution in [1.29, 1.82) is 0 Å². The zero-order valence-electron chi connectivity index (χ0n) is 20.6. The van der Waals surface area contributed by atoms with Gasteiger partial charge in [-0.2, -0.15) is 5.10 Å². The van der Waals surface area contributed by atoms with Gasteiger partial charge in [0, 0.05) is 27.7 Å². The standard InChI is InChI=1S/C28H28BrCl2N3O2/c1-28(2)15-36-9-8-33(28)26(16-4-5-16)25-21-7-6-17-10-24(35-3)23(29)14-22(17)27(21)34(32-25)20-12-18(30)11-19(31)13-20/h10-14H,4-9,15H2,1-3H3. The third-order valence-corrected chi connectivity index (χ3v) is 8.38. The van der Waals surface area contributed by atoms with Crippen LogP contribution in [0.4, 0.5) is 0 Å². The molecule has 3 aliphatic rings. The van der Waals surface area contributed by atoms with Gasteiger partial charge in [-0.25, -0.2) is 4.68 Å². The van der Waals surface area contributed by atoms with Crippen molar-refractivity contribution in [2.24, 2.45) is 0 Å². The number of nitrogens with zero attached hydrogens (tertiary/aromatic N) is 3. The van der Waals surface area contributed by atoms with E-state index in [1.807, 2.05) is 16.8 Å². The summed E-state index contributed by atoms with van der Waals surface area (Å²) in [5.41, 5.74) is 9.34. The van der Waals surface area contributed by atoms with Crippen molar-refractivity contribution in [2.75, 3.05) is 26.9 Å². The molecule has 36 heavy (non-hydrogen) atoms. The lowest BCUT2D eigenvalue weighted by molar-refractivity contribution is -0.0205. The van der Waals surface area contributed by atoms with Gasteiger partial charge in [-0.3, -0.25) is 0 Å². The Kier molecular flexibility index (Phi) is 6.15. The molecule has 2 heterocycles. The maximum atomic E-state index is 6.46.